The first kappa shape index (κ1) is 12.4. The lowest BCUT2D eigenvalue weighted by Gasteiger charge is -2.61. The van der Waals surface area contributed by atoms with E-state index in [0.717, 1.165) is 52.0 Å². The van der Waals surface area contributed by atoms with Crippen LogP contribution in [0.4, 0.5) is 0 Å². The van der Waals surface area contributed by atoms with Crippen LogP contribution in [0, 0.1) is 0 Å². The molecule has 3 aliphatic heterocycles. The summed E-state index contributed by atoms with van der Waals surface area (Å²) in [6.45, 7) is 3.51. The van der Waals surface area contributed by atoms with Crippen LogP contribution in [0.1, 0.15) is 25.7 Å². The summed E-state index contributed by atoms with van der Waals surface area (Å²) < 4.78 is 10.9. The number of ether oxygens (including phenoxy) is 2. The lowest BCUT2D eigenvalue weighted by atomic mass is 9.72. The summed E-state index contributed by atoms with van der Waals surface area (Å²) in [4.78, 5) is 14.4. The van der Waals surface area contributed by atoms with Crippen molar-refractivity contribution in [1.29, 1.82) is 0 Å². The standard InChI is InChI=1S/C13H22N2O3/c1-17-11-12(16)15(10-2-6-14-7-3-10)13(11)4-8-18-9-5-13/h10-11,14H,2-9H2,1H3. The molecule has 3 rings (SSSR count). The van der Waals surface area contributed by atoms with E-state index in [9.17, 15) is 4.79 Å². The van der Waals surface area contributed by atoms with Gasteiger partial charge in [-0.05, 0) is 38.8 Å². The maximum atomic E-state index is 12.3. The third-order valence-corrected chi connectivity index (χ3v) is 4.70. The molecule has 0 aromatic rings. The Bertz CT molecular complexity index is 322. The van der Waals surface area contributed by atoms with Crippen molar-refractivity contribution in [2.45, 2.75) is 43.4 Å². The average Bonchev–Trinajstić information content (AvgIpc) is 2.41. The zero-order valence-electron chi connectivity index (χ0n) is 11.0. The molecule has 0 aromatic carbocycles. The molecule has 1 unspecified atom stereocenters. The molecule has 1 spiro atoms. The van der Waals surface area contributed by atoms with Crippen molar-refractivity contribution in [3.05, 3.63) is 0 Å². The van der Waals surface area contributed by atoms with Gasteiger partial charge in [0.25, 0.3) is 5.91 Å². The minimum atomic E-state index is -0.240. The van der Waals surface area contributed by atoms with E-state index in [0.29, 0.717) is 6.04 Å². The maximum absolute atomic E-state index is 12.3. The Balaban J connectivity index is 1.80. The number of β-lactam (4-membered cyclic amide) rings is 1. The van der Waals surface area contributed by atoms with E-state index in [1.807, 2.05) is 0 Å². The van der Waals surface area contributed by atoms with Crippen molar-refractivity contribution in [2.24, 2.45) is 0 Å². The highest BCUT2D eigenvalue weighted by molar-refractivity contribution is 5.90. The van der Waals surface area contributed by atoms with Crippen molar-refractivity contribution in [3.8, 4) is 0 Å². The van der Waals surface area contributed by atoms with Gasteiger partial charge in [0.15, 0.2) is 6.10 Å². The minimum absolute atomic E-state index is 0.0773. The first-order valence-corrected chi connectivity index (χ1v) is 6.94. The van der Waals surface area contributed by atoms with Gasteiger partial charge in [0, 0.05) is 26.4 Å². The van der Waals surface area contributed by atoms with E-state index < -0.39 is 0 Å². The Labute approximate surface area is 108 Å². The highest BCUT2D eigenvalue weighted by Crippen LogP contribution is 2.44. The molecule has 0 aromatic heterocycles. The number of methoxy groups -OCH3 is 1. The van der Waals surface area contributed by atoms with Gasteiger partial charge in [0.05, 0.1) is 5.54 Å². The van der Waals surface area contributed by atoms with Crippen molar-refractivity contribution in [2.75, 3.05) is 33.4 Å². The molecule has 102 valence electrons. The van der Waals surface area contributed by atoms with E-state index in [-0.39, 0.29) is 17.6 Å². The van der Waals surface area contributed by atoms with Gasteiger partial charge >= 0.3 is 0 Å². The predicted molar refractivity (Wildman–Crippen MR) is 66.3 cm³/mol. The molecule has 5 heteroatoms. The highest BCUT2D eigenvalue weighted by atomic mass is 16.5. The van der Waals surface area contributed by atoms with Gasteiger partial charge in [0.2, 0.25) is 0 Å². The number of amides is 1. The minimum Gasteiger partial charge on any atom is -0.381 e. The molecule has 1 N–H and O–H groups in total. The molecule has 1 amide bonds. The summed E-state index contributed by atoms with van der Waals surface area (Å²) in [6, 6.07) is 0.392. The van der Waals surface area contributed by atoms with Crippen molar-refractivity contribution in [1.82, 2.24) is 10.2 Å². The van der Waals surface area contributed by atoms with Crippen LogP contribution in [0.15, 0.2) is 0 Å². The van der Waals surface area contributed by atoms with Crippen LogP contribution < -0.4 is 5.32 Å². The first-order chi connectivity index (χ1) is 8.79. The van der Waals surface area contributed by atoms with Gasteiger partial charge in [-0.1, -0.05) is 0 Å². The van der Waals surface area contributed by atoms with Crippen molar-refractivity contribution in [3.63, 3.8) is 0 Å². The predicted octanol–water partition coefficient (Wildman–Crippen LogP) is 0.145. The monoisotopic (exact) mass is 254 g/mol. The zero-order valence-corrected chi connectivity index (χ0v) is 11.0. The number of likely N-dealkylation sites (tertiary alicyclic amines) is 1. The Hall–Kier alpha value is -0.650. The summed E-state index contributed by atoms with van der Waals surface area (Å²) in [6.07, 6.45) is 3.72. The third kappa shape index (κ3) is 1.68. The number of carbonyl (C=O) groups is 1. The number of hydrogen-bond acceptors (Lipinski definition) is 4. The van der Waals surface area contributed by atoms with Gasteiger partial charge < -0.3 is 19.7 Å². The number of nitrogens with zero attached hydrogens (tertiary/aromatic N) is 1. The molecule has 0 bridgehead atoms. The summed E-state index contributed by atoms with van der Waals surface area (Å²) in [7, 11) is 1.65. The average molecular weight is 254 g/mol. The molecule has 3 aliphatic rings. The molecular weight excluding hydrogens is 232 g/mol. The molecule has 0 aliphatic carbocycles. The Morgan fingerprint density at radius 1 is 1.33 bits per heavy atom. The molecule has 3 saturated heterocycles. The smallest absolute Gasteiger partial charge is 0.254 e. The highest BCUT2D eigenvalue weighted by Gasteiger charge is 2.62. The van der Waals surface area contributed by atoms with Crippen LogP contribution in [0.25, 0.3) is 0 Å². The van der Waals surface area contributed by atoms with Crippen LogP contribution >= 0.6 is 0 Å². The van der Waals surface area contributed by atoms with Gasteiger partial charge in [-0.15, -0.1) is 0 Å². The topological polar surface area (TPSA) is 50.8 Å². The number of nitrogens with one attached hydrogen (secondary N) is 1. The van der Waals surface area contributed by atoms with Gasteiger partial charge in [-0.25, -0.2) is 0 Å². The van der Waals surface area contributed by atoms with Gasteiger partial charge in [-0.3, -0.25) is 4.79 Å². The number of piperidine rings is 1. The molecule has 18 heavy (non-hydrogen) atoms. The second kappa shape index (κ2) is 4.79. The molecular formula is C13H22N2O3. The Kier molecular flexibility index (Phi) is 3.30. The van der Waals surface area contributed by atoms with E-state index in [2.05, 4.69) is 10.2 Å². The van der Waals surface area contributed by atoms with E-state index >= 15 is 0 Å². The van der Waals surface area contributed by atoms with E-state index in [1.165, 1.54) is 0 Å². The molecule has 3 heterocycles. The summed E-state index contributed by atoms with van der Waals surface area (Å²) in [5.74, 6) is 0.186. The fraction of sp³-hybridized carbons (Fsp3) is 0.923. The number of hydrogen-bond donors (Lipinski definition) is 1. The van der Waals surface area contributed by atoms with Crippen LogP contribution in [0.2, 0.25) is 0 Å². The molecule has 3 fully saturated rings. The molecule has 1 atom stereocenters. The number of rotatable bonds is 2. The third-order valence-electron chi connectivity index (χ3n) is 4.70. The second-order valence-corrected chi connectivity index (χ2v) is 5.52. The normalized spacial score (nSPS) is 32.6. The maximum Gasteiger partial charge on any atom is 0.254 e. The van der Waals surface area contributed by atoms with E-state index in [4.69, 9.17) is 9.47 Å². The fourth-order valence-electron chi connectivity index (χ4n) is 3.79. The van der Waals surface area contributed by atoms with Crippen molar-refractivity contribution < 1.29 is 14.3 Å². The van der Waals surface area contributed by atoms with Crippen LogP contribution in [0.3, 0.4) is 0 Å². The van der Waals surface area contributed by atoms with Crippen LogP contribution in [-0.4, -0.2) is 61.9 Å². The lowest BCUT2D eigenvalue weighted by molar-refractivity contribution is -0.212. The summed E-state index contributed by atoms with van der Waals surface area (Å²) in [5.41, 5.74) is -0.0773. The molecule has 0 saturated carbocycles. The molecule has 0 radical (unpaired) electrons. The summed E-state index contributed by atoms with van der Waals surface area (Å²) >= 11 is 0. The SMILES string of the molecule is COC1C(=O)N(C2CCNCC2)C12CCOCC2. The number of carbonyl (C=O) groups excluding carboxylic acids is 1. The fourth-order valence-corrected chi connectivity index (χ4v) is 3.79. The van der Waals surface area contributed by atoms with Crippen LogP contribution in [0.5, 0.6) is 0 Å². The zero-order chi connectivity index (χ0) is 12.6. The largest absolute Gasteiger partial charge is 0.381 e. The Morgan fingerprint density at radius 3 is 2.61 bits per heavy atom. The van der Waals surface area contributed by atoms with E-state index in [1.54, 1.807) is 7.11 Å². The summed E-state index contributed by atoms with van der Waals surface area (Å²) in [5, 5.41) is 3.36. The van der Waals surface area contributed by atoms with Gasteiger partial charge in [-0.2, -0.15) is 0 Å². The Morgan fingerprint density at radius 2 is 2.00 bits per heavy atom. The van der Waals surface area contributed by atoms with Crippen LogP contribution in [-0.2, 0) is 14.3 Å². The van der Waals surface area contributed by atoms with Crippen molar-refractivity contribution >= 4 is 5.91 Å². The second-order valence-electron chi connectivity index (χ2n) is 5.52. The quantitative estimate of drug-likeness (QED) is 0.713. The lowest BCUT2D eigenvalue weighted by Crippen LogP contribution is -2.78. The molecule has 5 nitrogen and oxygen atoms in total. The first-order valence-electron chi connectivity index (χ1n) is 6.94. The van der Waals surface area contributed by atoms with Gasteiger partial charge in [0.1, 0.15) is 0 Å².